The first kappa shape index (κ1) is 24.3. The molecule has 3 aromatic rings. The summed E-state index contributed by atoms with van der Waals surface area (Å²) < 4.78 is 18.8. The Morgan fingerprint density at radius 3 is 1.59 bits per heavy atom. The molecule has 1 aliphatic heterocycles. The normalized spacial score (nSPS) is 22.6. The van der Waals surface area contributed by atoms with E-state index in [1.54, 1.807) is 0 Å². The number of hydrogen-bond acceptors (Lipinski definition) is 5. The predicted molar refractivity (Wildman–Crippen MR) is 132 cm³/mol. The summed E-state index contributed by atoms with van der Waals surface area (Å²) in [5.74, 6) is 0. The molecule has 5 nitrogen and oxygen atoms in total. The largest absolute Gasteiger partial charge is 0.375 e. The van der Waals surface area contributed by atoms with Crippen molar-refractivity contribution >= 4 is 0 Å². The number of ether oxygens (including phenoxy) is 3. The molecule has 4 rings (SSSR count). The Morgan fingerprint density at radius 2 is 1.12 bits per heavy atom. The topological polar surface area (TPSA) is 51.2 Å². The number of hydrogen-bond donors (Lipinski definition) is 1. The monoisotopic (exact) mass is 459 g/mol. The summed E-state index contributed by atoms with van der Waals surface area (Å²) in [4.78, 5) is 0. The van der Waals surface area contributed by atoms with Crippen molar-refractivity contribution in [3.05, 3.63) is 120 Å². The van der Waals surface area contributed by atoms with Crippen LogP contribution >= 0.6 is 0 Å². The van der Waals surface area contributed by atoms with Gasteiger partial charge < -0.3 is 19.4 Å². The maximum Gasteiger partial charge on any atom is 0.106 e. The summed E-state index contributed by atoms with van der Waals surface area (Å²) in [6.07, 6.45) is 1.69. The van der Waals surface area contributed by atoms with Crippen LogP contribution in [0.4, 0.5) is 0 Å². The maximum absolute atomic E-state index is 11.2. The Labute approximate surface area is 202 Å². The van der Waals surface area contributed by atoms with Crippen molar-refractivity contribution in [3.63, 3.8) is 0 Å². The summed E-state index contributed by atoms with van der Waals surface area (Å²) >= 11 is 0. The zero-order valence-corrected chi connectivity index (χ0v) is 19.4. The second kappa shape index (κ2) is 12.6. The zero-order chi connectivity index (χ0) is 23.6. The highest BCUT2D eigenvalue weighted by molar-refractivity contribution is 5.16. The molecule has 0 saturated carbocycles. The van der Waals surface area contributed by atoms with E-state index in [0.717, 1.165) is 16.7 Å². The lowest BCUT2D eigenvalue weighted by molar-refractivity contribution is -0.164. The van der Waals surface area contributed by atoms with E-state index >= 15 is 0 Å². The smallest absolute Gasteiger partial charge is 0.106 e. The molecule has 0 bridgehead atoms. The first-order chi connectivity index (χ1) is 16.8. The molecule has 4 atom stereocenters. The molecule has 1 saturated heterocycles. The Kier molecular flexibility index (Phi) is 9.02. The molecule has 1 heterocycles. The number of rotatable bonds is 12. The summed E-state index contributed by atoms with van der Waals surface area (Å²) in [5, 5.41) is 12.5. The summed E-state index contributed by atoms with van der Waals surface area (Å²) in [6.45, 7) is 5.56. The average Bonchev–Trinajstić information content (AvgIpc) is 3.13. The highest BCUT2D eigenvalue weighted by Gasteiger charge is 2.50. The van der Waals surface area contributed by atoms with Crippen LogP contribution in [0.5, 0.6) is 0 Å². The van der Waals surface area contributed by atoms with Crippen LogP contribution in [0.25, 0.3) is 0 Å². The van der Waals surface area contributed by atoms with E-state index < -0.39 is 0 Å². The fraction of sp³-hybridized carbons (Fsp3) is 0.310. The first-order valence-electron chi connectivity index (χ1n) is 11.8. The summed E-state index contributed by atoms with van der Waals surface area (Å²) in [7, 11) is 0. The van der Waals surface area contributed by atoms with Crippen LogP contribution < -0.4 is 0 Å². The Morgan fingerprint density at radius 1 is 0.676 bits per heavy atom. The number of nitrogens with zero attached hydrogens (tertiary/aromatic N) is 1. The van der Waals surface area contributed by atoms with Crippen LogP contribution in [-0.2, 0) is 34.0 Å². The third-order valence-corrected chi connectivity index (χ3v) is 6.14. The van der Waals surface area contributed by atoms with Gasteiger partial charge in [-0.05, 0) is 23.1 Å². The van der Waals surface area contributed by atoms with Gasteiger partial charge in [-0.25, -0.2) is 0 Å². The van der Waals surface area contributed by atoms with Crippen molar-refractivity contribution in [2.45, 2.75) is 50.5 Å². The van der Waals surface area contributed by atoms with Crippen molar-refractivity contribution in [2.75, 3.05) is 6.61 Å². The van der Waals surface area contributed by atoms with Gasteiger partial charge in [-0.3, -0.25) is 0 Å². The molecule has 0 spiro atoms. The van der Waals surface area contributed by atoms with E-state index in [1.165, 1.54) is 5.06 Å². The predicted octanol–water partition coefficient (Wildman–Crippen LogP) is 5.39. The van der Waals surface area contributed by atoms with Gasteiger partial charge in [0, 0.05) is 0 Å². The first-order valence-corrected chi connectivity index (χ1v) is 11.8. The second-order valence-corrected chi connectivity index (χ2v) is 8.56. The van der Waals surface area contributed by atoms with Gasteiger partial charge in [0.15, 0.2) is 0 Å². The van der Waals surface area contributed by atoms with Crippen molar-refractivity contribution in [2.24, 2.45) is 0 Å². The Bertz CT molecular complexity index is 983. The standard InChI is InChI=1S/C29H33NO4/c1-2-12-26-28(33-20-24-15-8-4-9-16-24)29(34-21-25-17-10-5-11-18-25)27(30(26)31)22-32-19-23-13-6-3-7-14-23/h2-11,13-18,26-29,31H,1,12,19-22H2/t26-,27-,28-,29-/m1/s1. The van der Waals surface area contributed by atoms with Gasteiger partial charge in [0.2, 0.25) is 0 Å². The van der Waals surface area contributed by atoms with Crippen LogP contribution in [0, 0.1) is 0 Å². The average molecular weight is 460 g/mol. The van der Waals surface area contributed by atoms with Crippen LogP contribution in [-0.4, -0.2) is 41.2 Å². The molecule has 0 amide bonds. The molecule has 34 heavy (non-hydrogen) atoms. The molecule has 1 fully saturated rings. The van der Waals surface area contributed by atoms with Crippen LogP contribution in [0.2, 0.25) is 0 Å². The fourth-order valence-corrected chi connectivity index (χ4v) is 4.39. The van der Waals surface area contributed by atoms with Crippen molar-refractivity contribution < 1.29 is 19.4 Å². The molecular weight excluding hydrogens is 426 g/mol. The lowest BCUT2D eigenvalue weighted by Gasteiger charge is -2.26. The van der Waals surface area contributed by atoms with Crippen LogP contribution in [0.15, 0.2) is 104 Å². The molecule has 0 radical (unpaired) electrons. The molecule has 1 aliphatic rings. The molecule has 1 N–H and O–H groups in total. The quantitative estimate of drug-likeness (QED) is 0.368. The van der Waals surface area contributed by atoms with Crippen molar-refractivity contribution in [1.29, 1.82) is 0 Å². The van der Waals surface area contributed by atoms with Gasteiger partial charge in [0.05, 0.1) is 38.5 Å². The molecule has 0 unspecified atom stereocenters. The molecule has 0 aliphatic carbocycles. The molecular formula is C29H33NO4. The fourth-order valence-electron chi connectivity index (χ4n) is 4.39. The van der Waals surface area contributed by atoms with Gasteiger partial charge in [-0.1, -0.05) is 97.1 Å². The highest BCUT2D eigenvalue weighted by Crippen LogP contribution is 2.32. The number of benzene rings is 3. The van der Waals surface area contributed by atoms with Gasteiger partial charge in [-0.2, -0.15) is 5.06 Å². The Balaban J connectivity index is 1.49. The number of hydroxylamine groups is 2. The summed E-state index contributed by atoms with van der Waals surface area (Å²) in [5.41, 5.74) is 3.24. The van der Waals surface area contributed by atoms with Gasteiger partial charge in [0.1, 0.15) is 12.2 Å². The third kappa shape index (κ3) is 6.41. The van der Waals surface area contributed by atoms with E-state index in [2.05, 4.69) is 6.58 Å². The summed E-state index contributed by atoms with van der Waals surface area (Å²) in [6, 6.07) is 29.5. The minimum atomic E-state index is -0.366. The second-order valence-electron chi connectivity index (χ2n) is 8.56. The van der Waals surface area contributed by atoms with E-state index in [4.69, 9.17) is 14.2 Å². The van der Waals surface area contributed by atoms with Gasteiger partial charge in [0.25, 0.3) is 0 Å². The van der Waals surface area contributed by atoms with Gasteiger partial charge >= 0.3 is 0 Å². The van der Waals surface area contributed by atoms with E-state index in [0.29, 0.717) is 32.8 Å². The van der Waals surface area contributed by atoms with E-state index in [9.17, 15) is 5.21 Å². The maximum atomic E-state index is 11.2. The van der Waals surface area contributed by atoms with Crippen molar-refractivity contribution in [3.8, 4) is 0 Å². The third-order valence-electron chi connectivity index (χ3n) is 6.14. The van der Waals surface area contributed by atoms with Crippen molar-refractivity contribution in [1.82, 2.24) is 5.06 Å². The molecule has 0 aromatic heterocycles. The zero-order valence-electron chi connectivity index (χ0n) is 19.4. The minimum Gasteiger partial charge on any atom is -0.375 e. The van der Waals surface area contributed by atoms with E-state index in [1.807, 2.05) is 97.1 Å². The van der Waals surface area contributed by atoms with Crippen LogP contribution in [0.1, 0.15) is 23.1 Å². The van der Waals surface area contributed by atoms with Crippen LogP contribution in [0.3, 0.4) is 0 Å². The van der Waals surface area contributed by atoms with E-state index in [-0.39, 0.29) is 24.3 Å². The SMILES string of the molecule is C=CC[C@@H]1[C@@H](OCc2ccccc2)[C@H](OCc2ccccc2)[C@@H](COCc2ccccc2)N1O. The van der Waals surface area contributed by atoms with Gasteiger partial charge in [-0.15, -0.1) is 6.58 Å². The minimum absolute atomic E-state index is 0.271. The Hall–Kier alpha value is -2.80. The molecule has 178 valence electrons. The molecule has 5 heteroatoms. The molecule has 3 aromatic carbocycles. The highest BCUT2D eigenvalue weighted by atomic mass is 16.6. The lowest BCUT2D eigenvalue weighted by atomic mass is 10.0. The lowest BCUT2D eigenvalue weighted by Crippen LogP contribution is -2.40.